The van der Waals surface area contributed by atoms with E-state index in [2.05, 4.69) is 14.7 Å². The molecule has 6 nitrogen and oxygen atoms in total. The molecular formula is C15H9ClN2O4. The van der Waals surface area contributed by atoms with Gasteiger partial charge in [0.1, 0.15) is 11.4 Å². The fourth-order valence-electron chi connectivity index (χ4n) is 1.93. The van der Waals surface area contributed by atoms with Crippen LogP contribution in [0.1, 0.15) is 10.5 Å². The highest BCUT2D eigenvalue weighted by Crippen LogP contribution is 2.19. The molecule has 2 heterocycles. The van der Waals surface area contributed by atoms with E-state index in [0.717, 1.165) is 0 Å². The van der Waals surface area contributed by atoms with Crippen molar-refractivity contribution in [2.75, 3.05) is 7.11 Å². The van der Waals surface area contributed by atoms with E-state index in [1.807, 2.05) is 0 Å². The summed E-state index contributed by atoms with van der Waals surface area (Å²) in [5, 5.41) is 0.769. The van der Waals surface area contributed by atoms with Crippen LogP contribution in [-0.4, -0.2) is 23.0 Å². The van der Waals surface area contributed by atoms with Gasteiger partial charge in [0.15, 0.2) is 0 Å². The summed E-state index contributed by atoms with van der Waals surface area (Å²) in [5.74, 6) is -0.585. The van der Waals surface area contributed by atoms with Crippen LogP contribution in [0.5, 0.6) is 0 Å². The van der Waals surface area contributed by atoms with Gasteiger partial charge in [-0.3, -0.25) is 0 Å². The zero-order valence-corrected chi connectivity index (χ0v) is 12.1. The SMILES string of the molecule is COC(=O)c1cccc(-c2nc3cc(Cl)ccc3c(=O)o2)n1. The lowest BCUT2D eigenvalue weighted by molar-refractivity contribution is 0.0594. The van der Waals surface area contributed by atoms with E-state index in [9.17, 15) is 9.59 Å². The van der Waals surface area contributed by atoms with E-state index in [4.69, 9.17) is 16.0 Å². The van der Waals surface area contributed by atoms with Gasteiger partial charge in [-0.05, 0) is 30.3 Å². The van der Waals surface area contributed by atoms with Gasteiger partial charge < -0.3 is 9.15 Å². The lowest BCUT2D eigenvalue weighted by Gasteiger charge is -2.03. The molecule has 0 N–H and O–H groups in total. The molecule has 110 valence electrons. The lowest BCUT2D eigenvalue weighted by Crippen LogP contribution is -2.07. The van der Waals surface area contributed by atoms with E-state index in [1.54, 1.807) is 30.3 Å². The molecule has 3 rings (SSSR count). The van der Waals surface area contributed by atoms with Crippen LogP contribution >= 0.6 is 11.6 Å². The van der Waals surface area contributed by atoms with E-state index in [-0.39, 0.29) is 17.3 Å². The molecule has 0 aliphatic carbocycles. The van der Waals surface area contributed by atoms with Gasteiger partial charge in [-0.1, -0.05) is 17.7 Å². The lowest BCUT2D eigenvalue weighted by atomic mass is 10.2. The molecule has 0 radical (unpaired) electrons. The van der Waals surface area contributed by atoms with Crippen molar-refractivity contribution >= 4 is 28.5 Å². The number of carbonyl (C=O) groups excluding carboxylic acids is 1. The second-order valence-electron chi connectivity index (χ2n) is 4.37. The molecular weight excluding hydrogens is 308 g/mol. The van der Waals surface area contributed by atoms with Gasteiger partial charge >= 0.3 is 11.6 Å². The second-order valence-corrected chi connectivity index (χ2v) is 4.80. The van der Waals surface area contributed by atoms with Crippen molar-refractivity contribution in [1.82, 2.24) is 9.97 Å². The molecule has 0 fully saturated rings. The minimum atomic E-state index is -0.590. The van der Waals surface area contributed by atoms with Crippen molar-refractivity contribution < 1.29 is 13.9 Å². The smallest absolute Gasteiger partial charge is 0.356 e. The zero-order valence-electron chi connectivity index (χ0n) is 11.4. The van der Waals surface area contributed by atoms with Crippen LogP contribution in [0.25, 0.3) is 22.5 Å². The molecule has 2 aromatic heterocycles. The van der Waals surface area contributed by atoms with Crippen molar-refractivity contribution in [3.8, 4) is 11.6 Å². The number of hydrogen-bond donors (Lipinski definition) is 0. The molecule has 0 spiro atoms. The molecule has 0 unspecified atom stereocenters. The monoisotopic (exact) mass is 316 g/mol. The molecule has 0 aliphatic heterocycles. The predicted molar refractivity (Wildman–Crippen MR) is 79.9 cm³/mol. The first-order valence-electron chi connectivity index (χ1n) is 6.24. The number of benzene rings is 1. The highest BCUT2D eigenvalue weighted by Gasteiger charge is 2.13. The first kappa shape index (κ1) is 14.2. The van der Waals surface area contributed by atoms with Gasteiger partial charge in [0, 0.05) is 5.02 Å². The van der Waals surface area contributed by atoms with Crippen molar-refractivity contribution in [1.29, 1.82) is 0 Å². The number of carbonyl (C=O) groups is 1. The number of methoxy groups -OCH3 is 1. The number of esters is 1. The quantitative estimate of drug-likeness (QED) is 0.676. The first-order chi connectivity index (χ1) is 10.6. The van der Waals surface area contributed by atoms with Crippen molar-refractivity contribution in [3.63, 3.8) is 0 Å². The van der Waals surface area contributed by atoms with Crippen LogP contribution in [0, 0.1) is 0 Å². The van der Waals surface area contributed by atoms with E-state index < -0.39 is 11.6 Å². The third-order valence-corrected chi connectivity index (χ3v) is 3.19. The number of pyridine rings is 1. The van der Waals surface area contributed by atoms with Crippen LogP contribution in [0.15, 0.2) is 45.6 Å². The second kappa shape index (κ2) is 5.57. The Hall–Kier alpha value is -2.73. The average molecular weight is 317 g/mol. The predicted octanol–water partition coefficient (Wildman–Crippen LogP) is 2.69. The van der Waals surface area contributed by atoms with Crippen LogP contribution in [-0.2, 0) is 4.74 Å². The summed E-state index contributed by atoms with van der Waals surface area (Å²) in [4.78, 5) is 31.8. The number of rotatable bonds is 2. The van der Waals surface area contributed by atoms with Gasteiger partial charge in [0.25, 0.3) is 0 Å². The molecule has 1 aromatic carbocycles. The topological polar surface area (TPSA) is 82.3 Å². The maximum absolute atomic E-state index is 12.0. The number of aromatic nitrogens is 2. The minimum Gasteiger partial charge on any atom is -0.464 e. The summed E-state index contributed by atoms with van der Waals surface area (Å²) >= 11 is 5.91. The summed E-state index contributed by atoms with van der Waals surface area (Å²) in [6.07, 6.45) is 0. The summed E-state index contributed by atoms with van der Waals surface area (Å²) in [7, 11) is 1.26. The molecule has 0 amide bonds. The highest BCUT2D eigenvalue weighted by atomic mass is 35.5. The summed E-state index contributed by atoms with van der Waals surface area (Å²) in [5.41, 5.74) is 0.184. The maximum atomic E-state index is 12.0. The van der Waals surface area contributed by atoms with Gasteiger partial charge in [0.05, 0.1) is 18.0 Å². The minimum absolute atomic E-state index is 0.00511. The number of fused-ring (bicyclic) bond motifs is 1. The Morgan fingerprint density at radius 1 is 1.23 bits per heavy atom. The molecule has 0 aliphatic rings. The van der Waals surface area contributed by atoms with Crippen LogP contribution in [0.2, 0.25) is 5.02 Å². The standard InChI is InChI=1S/C15H9ClN2O4/c1-21-15(20)11-4-2-3-10(17-11)13-18-12-7-8(16)5-6-9(12)14(19)22-13/h2-7H,1H3. The van der Waals surface area contributed by atoms with Gasteiger partial charge in [0.2, 0.25) is 5.89 Å². The largest absolute Gasteiger partial charge is 0.464 e. The highest BCUT2D eigenvalue weighted by molar-refractivity contribution is 6.31. The number of halogens is 1. The number of hydrogen-bond acceptors (Lipinski definition) is 6. The number of nitrogens with zero attached hydrogens (tertiary/aromatic N) is 2. The molecule has 7 heteroatoms. The Morgan fingerprint density at radius 3 is 2.82 bits per heavy atom. The third kappa shape index (κ3) is 2.56. The summed E-state index contributed by atoms with van der Waals surface area (Å²) < 4.78 is 9.77. The van der Waals surface area contributed by atoms with E-state index in [0.29, 0.717) is 15.9 Å². The Balaban J connectivity index is 2.18. The Bertz CT molecular complexity index is 936. The van der Waals surface area contributed by atoms with Gasteiger partial charge in [-0.2, -0.15) is 0 Å². The Kier molecular flexibility index (Phi) is 3.60. The fraction of sp³-hybridized carbons (Fsp3) is 0.0667. The van der Waals surface area contributed by atoms with E-state index >= 15 is 0 Å². The maximum Gasteiger partial charge on any atom is 0.356 e. The molecule has 0 saturated carbocycles. The van der Waals surface area contributed by atoms with Crippen molar-refractivity contribution in [2.24, 2.45) is 0 Å². The van der Waals surface area contributed by atoms with Crippen molar-refractivity contribution in [3.05, 3.63) is 57.5 Å². The molecule has 0 atom stereocenters. The molecule has 3 aromatic rings. The van der Waals surface area contributed by atoms with Crippen LogP contribution < -0.4 is 5.63 Å². The normalized spacial score (nSPS) is 10.6. The Labute approximate surface area is 129 Å². The van der Waals surface area contributed by atoms with Crippen molar-refractivity contribution in [2.45, 2.75) is 0 Å². The fourth-order valence-corrected chi connectivity index (χ4v) is 2.09. The molecule has 22 heavy (non-hydrogen) atoms. The van der Waals surface area contributed by atoms with Gasteiger partial charge in [-0.15, -0.1) is 0 Å². The van der Waals surface area contributed by atoms with Gasteiger partial charge in [-0.25, -0.2) is 19.6 Å². The molecule has 0 saturated heterocycles. The summed E-state index contributed by atoms with van der Waals surface area (Å²) in [6.45, 7) is 0. The Morgan fingerprint density at radius 2 is 2.05 bits per heavy atom. The third-order valence-electron chi connectivity index (χ3n) is 2.95. The number of ether oxygens (including phenoxy) is 1. The van der Waals surface area contributed by atoms with Crippen LogP contribution in [0.4, 0.5) is 0 Å². The van der Waals surface area contributed by atoms with E-state index in [1.165, 1.54) is 13.2 Å². The molecule has 0 bridgehead atoms. The average Bonchev–Trinajstić information content (AvgIpc) is 2.53. The first-order valence-corrected chi connectivity index (χ1v) is 6.62. The zero-order chi connectivity index (χ0) is 15.7. The summed E-state index contributed by atoms with van der Waals surface area (Å²) in [6, 6.07) is 9.34. The van der Waals surface area contributed by atoms with Crippen LogP contribution in [0.3, 0.4) is 0 Å².